The molecular weight excluding hydrogens is 272 g/mol. The standard InChI is InChI=1S/C9H6BrF2NS/c1-5(4-13)14-9-3-8(12)7(11)2-6(9)10/h2-3,5H,1H3. The minimum Gasteiger partial charge on any atom is -0.204 e. The van der Waals surface area contributed by atoms with Crippen LogP contribution in [-0.2, 0) is 0 Å². The van der Waals surface area contributed by atoms with Gasteiger partial charge in [0.15, 0.2) is 11.6 Å². The summed E-state index contributed by atoms with van der Waals surface area (Å²) >= 11 is 4.28. The van der Waals surface area contributed by atoms with E-state index in [2.05, 4.69) is 15.9 Å². The predicted molar refractivity (Wildman–Crippen MR) is 55.0 cm³/mol. The van der Waals surface area contributed by atoms with Crippen LogP contribution < -0.4 is 0 Å². The summed E-state index contributed by atoms with van der Waals surface area (Å²) in [6.45, 7) is 1.69. The van der Waals surface area contributed by atoms with Gasteiger partial charge in [0.2, 0.25) is 0 Å². The van der Waals surface area contributed by atoms with Crippen molar-refractivity contribution in [3.8, 4) is 6.07 Å². The smallest absolute Gasteiger partial charge is 0.160 e. The average Bonchev–Trinajstić information content (AvgIpc) is 2.14. The highest BCUT2D eigenvalue weighted by Gasteiger charge is 2.11. The predicted octanol–water partition coefficient (Wildman–Crippen LogP) is 3.73. The topological polar surface area (TPSA) is 23.8 Å². The van der Waals surface area contributed by atoms with Crippen molar-refractivity contribution < 1.29 is 8.78 Å². The van der Waals surface area contributed by atoms with Gasteiger partial charge in [-0.05, 0) is 35.0 Å². The molecule has 74 valence electrons. The quantitative estimate of drug-likeness (QED) is 0.608. The Morgan fingerprint density at radius 2 is 2.00 bits per heavy atom. The Balaban J connectivity index is 2.99. The maximum Gasteiger partial charge on any atom is 0.160 e. The number of halogens is 3. The van der Waals surface area contributed by atoms with Crippen LogP contribution in [0.5, 0.6) is 0 Å². The van der Waals surface area contributed by atoms with E-state index in [0.717, 1.165) is 12.1 Å². The Morgan fingerprint density at radius 1 is 1.43 bits per heavy atom. The second-order valence-corrected chi connectivity index (χ2v) is 4.82. The molecule has 14 heavy (non-hydrogen) atoms. The van der Waals surface area contributed by atoms with Crippen LogP contribution in [0.25, 0.3) is 0 Å². The highest BCUT2D eigenvalue weighted by molar-refractivity contribution is 9.10. The Hall–Kier alpha value is -0.600. The van der Waals surface area contributed by atoms with Crippen LogP contribution in [0.15, 0.2) is 21.5 Å². The number of thioether (sulfide) groups is 1. The van der Waals surface area contributed by atoms with E-state index in [1.54, 1.807) is 6.92 Å². The summed E-state index contributed by atoms with van der Waals surface area (Å²) in [4.78, 5) is 0.526. The van der Waals surface area contributed by atoms with Gasteiger partial charge in [0.05, 0.1) is 11.3 Å². The van der Waals surface area contributed by atoms with Crippen molar-refractivity contribution in [1.29, 1.82) is 5.26 Å². The van der Waals surface area contributed by atoms with E-state index in [0.29, 0.717) is 9.37 Å². The fraction of sp³-hybridized carbons (Fsp3) is 0.222. The lowest BCUT2D eigenvalue weighted by molar-refractivity contribution is 0.505. The van der Waals surface area contributed by atoms with Crippen molar-refractivity contribution in [3.05, 3.63) is 28.2 Å². The van der Waals surface area contributed by atoms with Crippen molar-refractivity contribution >= 4 is 27.7 Å². The third-order valence-electron chi connectivity index (χ3n) is 1.46. The van der Waals surface area contributed by atoms with Gasteiger partial charge in [-0.25, -0.2) is 8.78 Å². The maximum absolute atomic E-state index is 12.8. The van der Waals surface area contributed by atoms with Crippen LogP contribution in [0, 0.1) is 23.0 Å². The van der Waals surface area contributed by atoms with Crippen LogP contribution in [0.3, 0.4) is 0 Å². The number of nitriles is 1. The fourth-order valence-electron chi connectivity index (χ4n) is 0.811. The molecular formula is C9H6BrF2NS. The highest BCUT2D eigenvalue weighted by Crippen LogP contribution is 2.31. The highest BCUT2D eigenvalue weighted by atomic mass is 79.9. The maximum atomic E-state index is 12.8. The number of benzene rings is 1. The van der Waals surface area contributed by atoms with Gasteiger partial charge >= 0.3 is 0 Å². The Labute approximate surface area is 93.2 Å². The first-order valence-electron chi connectivity index (χ1n) is 3.75. The van der Waals surface area contributed by atoms with E-state index in [4.69, 9.17) is 5.26 Å². The molecule has 0 N–H and O–H groups in total. The summed E-state index contributed by atoms with van der Waals surface area (Å²) in [5, 5.41) is 8.26. The Morgan fingerprint density at radius 3 is 2.57 bits per heavy atom. The molecule has 0 aliphatic carbocycles. The number of rotatable bonds is 2. The van der Waals surface area contributed by atoms with E-state index in [-0.39, 0.29) is 5.25 Å². The van der Waals surface area contributed by atoms with Crippen molar-refractivity contribution in [2.24, 2.45) is 0 Å². The molecule has 0 saturated carbocycles. The van der Waals surface area contributed by atoms with E-state index < -0.39 is 11.6 Å². The lowest BCUT2D eigenvalue weighted by Gasteiger charge is -2.05. The monoisotopic (exact) mass is 277 g/mol. The summed E-state index contributed by atoms with van der Waals surface area (Å²) in [6, 6.07) is 4.14. The van der Waals surface area contributed by atoms with Gasteiger partial charge in [-0.2, -0.15) is 5.26 Å². The fourth-order valence-corrected chi connectivity index (χ4v) is 2.18. The summed E-state index contributed by atoms with van der Waals surface area (Å²) in [5.74, 6) is -1.80. The average molecular weight is 278 g/mol. The van der Waals surface area contributed by atoms with Crippen molar-refractivity contribution in [2.75, 3.05) is 0 Å². The molecule has 0 heterocycles. The summed E-state index contributed by atoms with van der Waals surface area (Å²) in [6.07, 6.45) is 0. The van der Waals surface area contributed by atoms with Gasteiger partial charge in [-0.3, -0.25) is 0 Å². The van der Waals surface area contributed by atoms with E-state index >= 15 is 0 Å². The molecule has 1 aromatic carbocycles. The summed E-state index contributed by atoms with van der Waals surface area (Å²) in [7, 11) is 0. The molecule has 0 spiro atoms. The molecule has 0 saturated heterocycles. The zero-order chi connectivity index (χ0) is 10.7. The summed E-state index contributed by atoms with van der Waals surface area (Å²) in [5.41, 5.74) is 0. The van der Waals surface area contributed by atoms with Gasteiger partial charge in [0, 0.05) is 9.37 Å². The molecule has 1 nitrogen and oxygen atoms in total. The van der Waals surface area contributed by atoms with Gasteiger partial charge in [0.1, 0.15) is 0 Å². The largest absolute Gasteiger partial charge is 0.204 e. The van der Waals surface area contributed by atoms with E-state index in [1.807, 2.05) is 6.07 Å². The lowest BCUT2D eigenvalue weighted by atomic mass is 10.3. The molecule has 1 unspecified atom stereocenters. The first-order chi connectivity index (χ1) is 6.54. The first kappa shape index (κ1) is 11.5. The molecule has 1 rings (SSSR count). The van der Waals surface area contributed by atoms with Crippen LogP contribution in [0.1, 0.15) is 6.92 Å². The third kappa shape index (κ3) is 2.69. The molecule has 0 fully saturated rings. The molecule has 5 heteroatoms. The molecule has 0 bridgehead atoms. The molecule has 0 aromatic heterocycles. The van der Waals surface area contributed by atoms with Gasteiger partial charge in [-0.1, -0.05) is 0 Å². The number of hydrogen-bond acceptors (Lipinski definition) is 2. The molecule has 0 aliphatic rings. The number of nitrogens with zero attached hydrogens (tertiary/aromatic N) is 1. The van der Waals surface area contributed by atoms with Crippen molar-refractivity contribution in [3.63, 3.8) is 0 Å². The van der Waals surface area contributed by atoms with Crippen LogP contribution in [0.2, 0.25) is 0 Å². The van der Waals surface area contributed by atoms with E-state index in [1.165, 1.54) is 11.8 Å². The Kier molecular flexibility index (Phi) is 3.90. The van der Waals surface area contributed by atoms with Crippen molar-refractivity contribution in [1.82, 2.24) is 0 Å². The van der Waals surface area contributed by atoms with Gasteiger partial charge in [0.25, 0.3) is 0 Å². The molecule has 1 atom stereocenters. The second-order valence-electron chi connectivity index (χ2n) is 2.59. The zero-order valence-electron chi connectivity index (χ0n) is 7.22. The number of hydrogen-bond donors (Lipinski definition) is 0. The minimum absolute atomic E-state index is 0.295. The van der Waals surface area contributed by atoms with Crippen LogP contribution in [0.4, 0.5) is 8.78 Å². The van der Waals surface area contributed by atoms with E-state index in [9.17, 15) is 8.78 Å². The molecule has 0 amide bonds. The SMILES string of the molecule is CC(C#N)Sc1cc(F)c(F)cc1Br. The van der Waals surface area contributed by atoms with Gasteiger partial charge < -0.3 is 0 Å². The molecule has 0 radical (unpaired) electrons. The first-order valence-corrected chi connectivity index (χ1v) is 5.42. The normalized spacial score (nSPS) is 12.2. The van der Waals surface area contributed by atoms with Crippen molar-refractivity contribution in [2.45, 2.75) is 17.1 Å². The van der Waals surface area contributed by atoms with Crippen LogP contribution in [-0.4, -0.2) is 5.25 Å². The third-order valence-corrected chi connectivity index (χ3v) is 3.43. The zero-order valence-corrected chi connectivity index (χ0v) is 9.62. The minimum atomic E-state index is -0.902. The molecule has 0 aliphatic heterocycles. The van der Waals surface area contributed by atoms with Gasteiger partial charge in [-0.15, -0.1) is 11.8 Å². The van der Waals surface area contributed by atoms with Crippen LogP contribution >= 0.6 is 27.7 Å². The Bertz CT molecular complexity index is 389. The lowest BCUT2D eigenvalue weighted by Crippen LogP contribution is -1.92. The molecule has 1 aromatic rings. The summed E-state index contributed by atoms with van der Waals surface area (Å²) < 4.78 is 26.0. The second kappa shape index (κ2) is 4.76.